The van der Waals surface area contributed by atoms with Crippen molar-refractivity contribution < 1.29 is 4.74 Å². The van der Waals surface area contributed by atoms with Gasteiger partial charge in [-0.05, 0) is 30.5 Å². The minimum Gasteiger partial charge on any atom is -0.489 e. The first-order chi connectivity index (χ1) is 9.20. The molecule has 2 rings (SSSR count). The first-order valence-electron chi connectivity index (χ1n) is 6.76. The maximum Gasteiger partial charge on any atom is 0.124 e. The van der Waals surface area contributed by atoms with Crippen LogP contribution in [0.1, 0.15) is 36.6 Å². The van der Waals surface area contributed by atoms with Gasteiger partial charge in [0.2, 0.25) is 0 Å². The number of benzene rings is 2. The van der Waals surface area contributed by atoms with E-state index in [0.717, 1.165) is 17.7 Å². The summed E-state index contributed by atoms with van der Waals surface area (Å²) < 4.78 is 5.88. The normalized spacial score (nSPS) is 12.2. The van der Waals surface area contributed by atoms with Crippen LogP contribution in [0, 0.1) is 0 Å². The molecule has 1 atom stereocenters. The van der Waals surface area contributed by atoms with E-state index in [2.05, 4.69) is 31.2 Å². The summed E-state index contributed by atoms with van der Waals surface area (Å²) in [5, 5.41) is 0. The molecule has 0 spiro atoms. The van der Waals surface area contributed by atoms with E-state index in [1.165, 1.54) is 11.1 Å². The van der Waals surface area contributed by atoms with Gasteiger partial charge in [0.25, 0.3) is 0 Å². The highest BCUT2D eigenvalue weighted by Crippen LogP contribution is 2.24. The third-order valence-corrected chi connectivity index (χ3v) is 3.24. The minimum absolute atomic E-state index is 0.0151. The van der Waals surface area contributed by atoms with Gasteiger partial charge in [-0.15, -0.1) is 0 Å². The Bertz CT molecular complexity index is 517. The van der Waals surface area contributed by atoms with Crippen LogP contribution in [0.15, 0.2) is 48.5 Å². The highest BCUT2D eigenvalue weighted by atomic mass is 16.5. The summed E-state index contributed by atoms with van der Waals surface area (Å²) in [6, 6.07) is 16.5. The van der Waals surface area contributed by atoms with Gasteiger partial charge >= 0.3 is 0 Å². The summed E-state index contributed by atoms with van der Waals surface area (Å²) in [6.45, 7) is 4.70. The number of hydrogen-bond acceptors (Lipinski definition) is 2. The standard InChI is InChI=1S/C17H21NO/c1-3-14-8-10-15(11-9-14)12-19-17-7-5-4-6-16(17)13(2)18/h4-11,13H,3,12,18H2,1-2H3. The summed E-state index contributed by atoms with van der Waals surface area (Å²) in [5.74, 6) is 0.872. The summed E-state index contributed by atoms with van der Waals surface area (Å²) in [7, 11) is 0. The summed E-state index contributed by atoms with van der Waals surface area (Å²) in [6.07, 6.45) is 1.06. The second-order valence-electron chi connectivity index (χ2n) is 4.79. The van der Waals surface area contributed by atoms with Crippen molar-refractivity contribution in [3.8, 4) is 5.75 Å². The molecule has 1 unspecified atom stereocenters. The van der Waals surface area contributed by atoms with Crippen molar-refractivity contribution in [1.29, 1.82) is 0 Å². The molecule has 0 radical (unpaired) electrons. The third-order valence-electron chi connectivity index (χ3n) is 3.24. The van der Waals surface area contributed by atoms with Crippen LogP contribution < -0.4 is 10.5 Å². The smallest absolute Gasteiger partial charge is 0.124 e. The van der Waals surface area contributed by atoms with Crippen LogP contribution in [0.2, 0.25) is 0 Å². The molecule has 0 aliphatic heterocycles. The van der Waals surface area contributed by atoms with Gasteiger partial charge in [0.1, 0.15) is 12.4 Å². The Morgan fingerprint density at radius 1 is 1.00 bits per heavy atom. The molecule has 2 nitrogen and oxygen atoms in total. The van der Waals surface area contributed by atoms with Gasteiger partial charge in [0, 0.05) is 11.6 Å². The third kappa shape index (κ3) is 3.58. The van der Waals surface area contributed by atoms with Gasteiger partial charge in [-0.3, -0.25) is 0 Å². The maximum atomic E-state index is 5.94. The van der Waals surface area contributed by atoms with E-state index in [4.69, 9.17) is 10.5 Å². The number of ether oxygens (including phenoxy) is 1. The molecule has 0 saturated carbocycles. The number of para-hydroxylation sites is 1. The van der Waals surface area contributed by atoms with E-state index in [1.807, 2.05) is 31.2 Å². The fraction of sp³-hybridized carbons (Fsp3) is 0.294. The van der Waals surface area contributed by atoms with Crippen molar-refractivity contribution in [2.75, 3.05) is 0 Å². The highest BCUT2D eigenvalue weighted by Gasteiger charge is 2.07. The Labute approximate surface area is 115 Å². The number of hydrogen-bond donors (Lipinski definition) is 1. The topological polar surface area (TPSA) is 35.2 Å². The van der Waals surface area contributed by atoms with E-state index < -0.39 is 0 Å². The van der Waals surface area contributed by atoms with E-state index >= 15 is 0 Å². The lowest BCUT2D eigenvalue weighted by Crippen LogP contribution is -2.07. The molecule has 0 aliphatic carbocycles. The van der Waals surface area contributed by atoms with Gasteiger partial charge in [-0.1, -0.05) is 49.4 Å². The van der Waals surface area contributed by atoms with Gasteiger partial charge in [0.05, 0.1) is 0 Å². The van der Waals surface area contributed by atoms with Crippen LogP contribution in [0.3, 0.4) is 0 Å². The van der Waals surface area contributed by atoms with E-state index in [-0.39, 0.29) is 6.04 Å². The Kier molecular flexibility index (Phi) is 4.58. The van der Waals surface area contributed by atoms with Crippen LogP contribution in [0.5, 0.6) is 5.75 Å². The average Bonchev–Trinajstić information content (AvgIpc) is 2.46. The fourth-order valence-corrected chi connectivity index (χ4v) is 2.02. The van der Waals surface area contributed by atoms with E-state index in [0.29, 0.717) is 6.61 Å². The molecule has 2 N–H and O–H groups in total. The molecular weight excluding hydrogens is 234 g/mol. The van der Waals surface area contributed by atoms with Crippen molar-refractivity contribution in [2.45, 2.75) is 32.9 Å². The molecule has 0 heterocycles. The van der Waals surface area contributed by atoms with Crippen molar-refractivity contribution in [3.05, 3.63) is 65.2 Å². The molecule has 100 valence electrons. The average molecular weight is 255 g/mol. The molecular formula is C17H21NO. The lowest BCUT2D eigenvalue weighted by molar-refractivity contribution is 0.301. The van der Waals surface area contributed by atoms with Crippen molar-refractivity contribution in [1.82, 2.24) is 0 Å². The van der Waals surface area contributed by atoms with Gasteiger partial charge in [-0.25, -0.2) is 0 Å². The molecule has 0 fully saturated rings. The van der Waals surface area contributed by atoms with Crippen molar-refractivity contribution >= 4 is 0 Å². The first-order valence-corrected chi connectivity index (χ1v) is 6.76. The minimum atomic E-state index is -0.0151. The molecule has 0 aliphatic rings. The maximum absolute atomic E-state index is 5.94. The van der Waals surface area contributed by atoms with Gasteiger partial charge in [-0.2, -0.15) is 0 Å². The first kappa shape index (κ1) is 13.6. The monoisotopic (exact) mass is 255 g/mol. The van der Waals surface area contributed by atoms with Crippen molar-refractivity contribution in [2.24, 2.45) is 5.73 Å². The summed E-state index contributed by atoms with van der Waals surface area (Å²) >= 11 is 0. The Morgan fingerprint density at radius 2 is 1.63 bits per heavy atom. The second kappa shape index (κ2) is 6.39. The van der Waals surface area contributed by atoms with Crippen molar-refractivity contribution in [3.63, 3.8) is 0 Å². The van der Waals surface area contributed by atoms with Crippen LogP contribution in [0.4, 0.5) is 0 Å². The number of nitrogens with two attached hydrogens (primary N) is 1. The highest BCUT2D eigenvalue weighted by molar-refractivity contribution is 5.35. The van der Waals surface area contributed by atoms with E-state index in [9.17, 15) is 0 Å². The molecule has 19 heavy (non-hydrogen) atoms. The second-order valence-corrected chi connectivity index (χ2v) is 4.79. The Balaban J connectivity index is 2.05. The van der Waals surface area contributed by atoms with Crippen LogP contribution in [-0.4, -0.2) is 0 Å². The van der Waals surface area contributed by atoms with E-state index in [1.54, 1.807) is 0 Å². The zero-order chi connectivity index (χ0) is 13.7. The predicted molar refractivity (Wildman–Crippen MR) is 79.2 cm³/mol. The molecule has 2 aromatic carbocycles. The number of aryl methyl sites for hydroxylation is 1. The Hall–Kier alpha value is -1.80. The SMILES string of the molecule is CCc1ccc(COc2ccccc2C(C)N)cc1. The quantitative estimate of drug-likeness (QED) is 0.880. The van der Waals surface area contributed by atoms with Gasteiger partial charge < -0.3 is 10.5 Å². The molecule has 0 amide bonds. The molecule has 0 saturated heterocycles. The Morgan fingerprint density at radius 3 is 2.26 bits per heavy atom. The zero-order valence-corrected chi connectivity index (χ0v) is 11.6. The van der Waals surface area contributed by atoms with Gasteiger partial charge in [0.15, 0.2) is 0 Å². The molecule has 0 bridgehead atoms. The lowest BCUT2D eigenvalue weighted by atomic mass is 10.1. The molecule has 0 aromatic heterocycles. The zero-order valence-electron chi connectivity index (χ0n) is 11.6. The lowest BCUT2D eigenvalue weighted by Gasteiger charge is -2.14. The summed E-state index contributed by atoms with van der Waals surface area (Å²) in [5.41, 5.74) is 9.51. The van der Waals surface area contributed by atoms with Crippen LogP contribution in [-0.2, 0) is 13.0 Å². The van der Waals surface area contributed by atoms with Crippen LogP contribution in [0.25, 0.3) is 0 Å². The summed E-state index contributed by atoms with van der Waals surface area (Å²) in [4.78, 5) is 0. The number of rotatable bonds is 5. The molecule has 2 heteroatoms. The predicted octanol–water partition coefficient (Wildman–Crippen LogP) is 3.85. The fourth-order valence-electron chi connectivity index (χ4n) is 2.02. The molecule has 2 aromatic rings. The largest absolute Gasteiger partial charge is 0.489 e. The van der Waals surface area contributed by atoms with Crippen LogP contribution >= 0.6 is 0 Å².